The topological polar surface area (TPSA) is 118 Å². The number of nitrogens with zero attached hydrogens (tertiary/aromatic N) is 2. The molecule has 1 fully saturated rings. The Labute approximate surface area is 166 Å². The molecule has 4 N–H and O–H groups in total. The molecular formula is C19H24F3N3O4. The minimum Gasteiger partial charge on any atom is -0.481 e. The highest BCUT2D eigenvalue weighted by atomic mass is 19.4. The highest BCUT2D eigenvalue weighted by Gasteiger charge is 2.31. The first kappa shape index (κ1) is 24.2. The summed E-state index contributed by atoms with van der Waals surface area (Å²) in [5, 5.41) is 14.8. The molecule has 0 amide bonds. The van der Waals surface area contributed by atoms with Crippen LogP contribution in [0.4, 0.5) is 13.2 Å². The third-order valence-corrected chi connectivity index (χ3v) is 3.96. The van der Waals surface area contributed by atoms with E-state index in [4.69, 9.17) is 25.5 Å². The molecule has 1 aromatic heterocycles. The van der Waals surface area contributed by atoms with E-state index in [0.29, 0.717) is 11.4 Å². The molecule has 3 rings (SSSR count). The third kappa shape index (κ3) is 8.34. The first-order valence-electron chi connectivity index (χ1n) is 8.77. The van der Waals surface area contributed by atoms with Gasteiger partial charge in [0.05, 0.1) is 5.56 Å². The maximum Gasteiger partial charge on any atom is 0.416 e. The Morgan fingerprint density at radius 2 is 1.76 bits per heavy atom. The van der Waals surface area contributed by atoms with Gasteiger partial charge in [0.25, 0.3) is 11.9 Å². The van der Waals surface area contributed by atoms with Crippen LogP contribution in [-0.4, -0.2) is 37.7 Å². The molecule has 0 radical (unpaired) electrons. The second-order valence-corrected chi connectivity index (χ2v) is 6.50. The number of alkyl halides is 3. The number of carboxylic acid groups (broad SMARTS) is 2. The highest BCUT2D eigenvalue weighted by Crippen LogP contribution is 2.35. The number of hydrogen-bond acceptors (Lipinski definition) is 4. The fourth-order valence-corrected chi connectivity index (χ4v) is 2.91. The SMILES string of the molecule is CC(=O)O.CC(=O)O.N[C@H]1CC[C@@H](n2ccnc2-c2cccc(C(F)(F)F)c2)C1. The van der Waals surface area contributed by atoms with Crippen molar-refractivity contribution in [2.45, 2.75) is 51.4 Å². The van der Waals surface area contributed by atoms with Gasteiger partial charge >= 0.3 is 6.18 Å². The van der Waals surface area contributed by atoms with Gasteiger partial charge in [-0.25, -0.2) is 4.98 Å². The normalized spacial score (nSPS) is 18.1. The summed E-state index contributed by atoms with van der Waals surface area (Å²) in [4.78, 5) is 22.2. The second-order valence-electron chi connectivity index (χ2n) is 6.50. The summed E-state index contributed by atoms with van der Waals surface area (Å²) in [6.07, 6.45) is 1.80. The molecule has 0 unspecified atom stereocenters. The maximum atomic E-state index is 12.8. The molecule has 0 aliphatic heterocycles. The number of imidazole rings is 1. The van der Waals surface area contributed by atoms with Gasteiger partial charge in [-0.3, -0.25) is 9.59 Å². The van der Waals surface area contributed by atoms with E-state index >= 15 is 0 Å². The van der Waals surface area contributed by atoms with Gasteiger partial charge in [0.2, 0.25) is 0 Å². The molecule has 29 heavy (non-hydrogen) atoms. The molecule has 1 aromatic carbocycles. The average molecular weight is 415 g/mol. The van der Waals surface area contributed by atoms with E-state index in [1.807, 2.05) is 10.8 Å². The summed E-state index contributed by atoms with van der Waals surface area (Å²) >= 11 is 0. The molecule has 0 saturated heterocycles. The summed E-state index contributed by atoms with van der Waals surface area (Å²) in [7, 11) is 0. The molecule has 1 heterocycles. The summed E-state index contributed by atoms with van der Waals surface area (Å²) in [6.45, 7) is 2.17. The second kappa shape index (κ2) is 10.6. The molecule has 7 nitrogen and oxygen atoms in total. The Hall–Kier alpha value is -2.88. The van der Waals surface area contributed by atoms with Crippen LogP contribution >= 0.6 is 0 Å². The fraction of sp³-hybridized carbons (Fsp3) is 0.421. The van der Waals surface area contributed by atoms with E-state index < -0.39 is 23.7 Å². The zero-order chi connectivity index (χ0) is 22.2. The molecular weight excluding hydrogens is 391 g/mol. The smallest absolute Gasteiger partial charge is 0.416 e. The van der Waals surface area contributed by atoms with E-state index in [9.17, 15) is 13.2 Å². The van der Waals surface area contributed by atoms with Crippen LogP contribution in [0.25, 0.3) is 11.4 Å². The number of nitrogens with two attached hydrogens (primary N) is 1. The number of rotatable bonds is 2. The number of aliphatic carboxylic acids is 2. The number of halogens is 3. The van der Waals surface area contributed by atoms with Crippen LogP contribution in [0, 0.1) is 0 Å². The summed E-state index contributed by atoms with van der Waals surface area (Å²) in [5.74, 6) is -1.10. The molecule has 0 bridgehead atoms. The quantitative estimate of drug-likeness (QED) is 0.687. The van der Waals surface area contributed by atoms with Crippen LogP contribution in [0.1, 0.15) is 44.7 Å². The maximum absolute atomic E-state index is 12.8. The molecule has 1 aliphatic rings. The van der Waals surface area contributed by atoms with Crippen molar-refractivity contribution < 1.29 is 33.0 Å². The van der Waals surface area contributed by atoms with Crippen molar-refractivity contribution >= 4 is 11.9 Å². The van der Waals surface area contributed by atoms with E-state index in [-0.39, 0.29) is 12.1 Å². The Kier molecular flexibility index (Phi) is 8.84. The Bertz CT molecular complexity index is 801. The molecule has 2 atom stereocenters. The minimum atomic E-state index is -4.34. The monoisotopic (exact) mass is 415 g/mol. The van der Waals surface area contributed by atoms with E-state index in [1.54, 1.807) is 12.3 Å². The first-order chi connectivity index (χ1) is 13.4. The standard InChI is InChI=1S/C15H16F3N3.2C2H4O2/c16-15(17,18)11-3-1-2-10(8-11)14-20-6-7-21(14)13-5-4-12(19)9-13;2*1-2(3)4/h1-3,6-8,12-13H,4-5,9,19H2;2*1H3,(H,3,4)/t12-,13+;;/m0../s1. The molecule has 2 aromatic rings. The third-order valence-electron chi connectivity index (χ3n) is 3.96. The van der Waals surface area contributed by atoms with Crippen LogP contribution in [0.2, 0.25) is 0 Å². The van der Waals surface area contributed by atoms with E-state index in [2.05, 4.69) is 4.98 Å². The average Bonchev–Trinajstić information content (AvgIpc) is 3.21. The molecule has 1 saturated carbocycles. The van der Waals surface area contributed by atoms with Crippen molar-refractivity contribution in [2.75, 3.05) is 0 Å². The van der Waals surface area contributed by atoms with Gasteiger partial charge < -0.3 is 20.5 Å². The lowest BCUT2D eigenvalue weighted by Gasteiger charge is -2.16. The number of carbonyl (C=O) groups is 2. The predicted molar refractivity (Wildman–Crippen MR) is 100 cm³/mol. The number of benzene rings is 1. The zero-order valence-corrected chi connectivity index (χ0v) is 16.1. The van der Waals surface area contributed by atoms with Crippen molar-refractivity contribution in [1.29, 1.82) is 0 Å². The van der Waals surface area contributed by atoms with Crippen LogP contribution in [0.3, 0.4) is 0 Å². The molecule has 1 aliphatic carbocycles. The van der Waals surface area contributed by atoms with Crippen LogP contribution < -0.4 is 5.73 Å². The van der Waals surface area contributed by atoms with Crippen LogP contribution in [-0.2, 0) is 15.8 Å². The van der Waals surface area contributed by atoms with Gasteiger partial charge in [0.15, 0.2) is 0 Å². The van der Waals surface area contributed by atoms with Crippen LogP contribution in [0.15, 0.2) is 36.7 Å². The van der Waals surface area contributed by atoms with E-state index in [0.717, 1.165) is 45.2 Å². The molecule has 10 heteroatoms. The Morgan fingerprint density at radius 3 is 2.24 bits per heavy atom. The van der Waals surface area contributed by atoms with Gasteiger partial charge in [-0.05, 0) is 31.4 Å². The lowest BCUT2D eigenvalue weighted by atomic mass is 10.1. The largest absolute Gasteiger partial charge is 0.481 e. The number of hydrogen-bond donors (Lipinski definition) is 3. The number of aromatic nitrogens is 2. The van der Waals surface area contributed by atoms with Crippen molar-refractivity contribution in [3.63, 3.8) is 0 Å². The van der Waals surface area contributed by atoms with Crippen molar-refractivity contribution in [2.24, 2.45) is 5.73 Å². The lowest BCUT2D eigenvalue weighted by molar-refractivity contribution is -0.137. The lowest BCUT2D eigenvalue weighted by Crippen LogP contribution is -2.16. The fourth-order valence-electron chi connectivity index (χ4n) is 2.91. The van der Waals surface area contributed by atoms with Gasteiger partial charge in [0, 0.05) is 43.9 Å². The van der Waals surface area contributed by atoms with E-state index in [1.165, 1.54) is 6.07 Å². The van der Waals surface area contributed by atoms with Crippen LogP contribution in [0.5, 0.6) is 0 Å². The van der Waals surface area contributed by atoms with Gasteiger partial charge in [-0.2, -0.15) is 13.2 Å². The minimum absolute atomic E-state index is 0.159. The summed E-state index contributed by atoms with van der Waals surface area (Å²) in [6, 6.07) is 5.66. The Balaban J connectivity index is 0.000000452. The first-order valence-corrected chi connectivity index (χ1v) is 8.77. The van der Waals surface area contributed by atoms with Crippen molar-refractivity contribution in [1.82, 2.24) is 9.55 Å². The van der Waals surface area contributed by atoms with Gasteiger partial charge in [-0.15, -0.1) is 0 Å². The zero-order valence-electron chi connectivity index (χ0n) is 16.1. The number of carboxylic acids is 2. The molecule has 0 spiro atoms. The van der Waals surface area contributed by atoms with Gasteiger partial charge in [-0.1, -0.05) is 12.1 Å². The predicted octanol–water partition coefficient (Wildman–Crippen LogP) is 3.80. The van der Waals surface area contributed by atoms with Gasteiger partial charge in [0.1, 0.15) is 5.82 Å². The highest BCUT2D eigenvalue weighted by molar-refractivity contribution is 5.63. The van der Waals surface area contributed by atoms with Crippen molar-refractivity contribution in [3.05, 3.63) is 42.2 Å². The Morgan fingerprint density at radius 1 is 1.17 bits per heavy atom. The summed E-state index contributed by atoms with van der Waals surface area (Å²) in [5.41, 5.74) is 5.75. The van der Waals surface area contributed by atoms with Crippen molar-refractivity contribution in [3.8, 4) is 11.4 Å². The molecule has 160 valence electrons. The summed E-state index contributed by atoms with van der Waals surface area (Å²) < 4.78 is 40.4.